The van der Waals surface area contributed by atoms with Gasteiger partial charge in [-0.25, -0.2) is 0 Å². The Morgan fingerprint density at radius 3 is 2.38 bits per heavy atom. The van der Waals surface area contributed by atoms with Crippen molar-refractivity contribution in [1.29, 1.82) is 0 Å². The molecular weight excluding hydrogens is 308 g/mol. The van der Waals surface area contributed by atoms with Crippen molar-refractivity contribution in [3.8, 4) is 11.5 Å². The molecule has 0 atom stereocenters. The van der Waals surface area contributed by atoms with Crippen LogP contribution < -0.4 is 20.1 Å². The lowest BCUT2D eigenvalue weighted by Crippen LogP contribution is -2.45. The van der Waals surface area contributed by atoms with E-state index in [0.717, 1.165) is 5.56 Å². The predicted octanol–water partition coefficient (Wildman–Crippen LogP) is 2.08. The number of methoxy groups -OCH3 is 2. The van der Waals surface area contributed by atoms with Crippen LogP contribution in [-0.4, -0.2) is 38.1 Å². The first kappa shape index (κ1) is 19.5. The molecule has 1 rings (SSSR count). The molecule has 6 nitrogen and oxygen atoms in total. The number of ether oxygens (including phenoxy) is 2. The Bertz CT molecular complexity index is 618. The van der Waals surface area contributed by atoms with E-state index in [0.29, 0.717) is 23.5 Å². The number of allylic oxidation sites excluding steroid dienone is 1. The van der Waals surface area contributed by atoms with Crippen LogP contribution in [-0.2, 0) is 11.2 Å². The van der Waals surface area contributed by atoms with Crippen molar-refractivity contribution in [2.75, 3.05) is 20.8 Å². The van der Waals surface area contributed by atoms with Gasteiger partial charge in [0.15, 0.2) is 11.5 Å². The predicted molar refractivity (Wildman–Crippen MR) is 93.7 cm³/mol. The Morgan fingerprint density at radius 1 is 1.21 bits per heavy atom. The molecule has 0 heterocycles. The second-order valence-corrected chi connectivity index (χ2v) is 6.34. The molecule has 1 aromatic carbocycles. The number of hydrogen-bond acceptors (Lipinski definition) is 4. The Morgan fingerprint density at radius 2 is 1.88 bits per heavy atom. The van der Waals surface area contributed by atoms with Crippen molar-refractivity contribution in [3.63, 3.8) is 0 Å². The zero-order chi connectivity index (χ0) is 18.3. The van der Waals surface area contributed by atoms with E-state index in [-0.39, 0.29) is 23.9 Å². The summed E-state index contributed by atoms with van der Waals surface area (Å²) >= 11 is 0. The molecule has 6 heteroatoms. The zero-order valence-electron chi connectivity index (χ0n) is 15.0. The topological polar surface area (TPSA) is 76.7 Å². The minimum atomic E-state index is -0.356. The maximum absolute atomic E-state index is 12.3. The van der Waals surface area contributed by atoms with Gasteiger partial charge in [-0.2, -0.15) is 0 Å². The van der Waals surface area contributed by atoms with E-state index in [1.54, 1.807) is 25.3 Å². The van der Waals surface area contributed by atoms with Gasteiger partial charge in [-0.1, -0.05) is 6.08 Å². The summed E-state index contributed by atoms with van der Waals surface area (Å²) in [6, 6.07) is 3.29. The van der Waals surface area contributed by atoms with Crippen LogP contribution in [0.2, 0.25) is 0 Å². The van der Waals surface area contributed by atoms with Gasteiger partial charge in [-0.05, 0) is 39.3 Å². The average molecular weight is 334 g/mol. The van der Waals surface area contributed by atoms with Gasteiger partial charge in [0.25, 0.3) is 5.91 Å². The Balaban J connectivity index is 2.92. The molecule has 0 saturated carbocycles. The largest absolute Gasteiger partial charge is 0.493 e. The molecule has 0 fully saturated rings. The first-order valence-corrected chi connectivity index (χ1v) is 7.66. The molecule has 132 valence electrons. The van der Waals surface area contributed by atoms with Gasteiger partial charge in [0.2, 0.25) is 5.91 Å². The summed E-state index contributed by atoms with van der Waals surface area (Å²) in [5.41, 5.74) is 0.839. The molecule has 0 radical (unpaired) electrons. The van der Waals surface area contributed by atoms with Crippen LogP contribution >= 0.6 is 0 Å². The summed E-state index contributed by atoms with van der Waals surface area (Å²) in [6.45, 7) is 9.24. The van der Waals surface area contributed by atoms with Crippen molar-refractivity contribution in [2.24, 2.45) is 0 Å². The number of nitrogens with one attached hydrogen (secondary N) is 2. The van der Waals surface area contributed by atoms with E-state index in [1.807, 2.05) is 20.8 Å². The smallest absolute Gasteiger partial charge is 0.251 e. The Labute approximate surface area is 143 Å². The minimum Gasteiger partial charge on any atom is -0.493 e. The fourth-order valence-electron chi connectivity index (χ4n) is 2.21. The molecule has 0 saturated heterocycles. The molecule has 0 aliphatic carbocycles. The maximum atomic E-state index is 12.3. The van der Waals surface area contributed by atoms with Crippen molar-refractivity contribution in [2.45, 2.75) is 32.7 Å². The molecule has 0 spiro atoms. The Kier molecular flexibility index (Phi) is 6.82. The lowest BCUT2D eigenvalue weighted by molar-refractivity contribution is -0.121. The first-order chi connectivity index (χ1) is 11.2. The van der Waals surface area contributed by atoms with Gasteiger partial charge < -0.3 is 20.1 Å². The number of carbonyl (C=O) groups excluding carboxylic acids is 2. The third-order valence-electron chi connectivity index (χ3n) is 3.11. The van der Waals surface area contributed by atoms with Gasteiger partial charge in [0.05, 0.1) is 20.8 Å². The van der Waals surface area contributed by atoms with Crippen molar-refractivity contribution < 1.29 is 19.1 Å². The lowest BCUT2D eigenvalue weighted by atomic mass is 10.0. The van der Waals surface area contributed by atoms with Crippen LogP contribution in [0, 0.1) is 0 Å². The molecule has 2 amide bonds. The highest BCUT2D eigenvalue weighted by molar-refractivity contribution is 5.97. The van der Waals surface area contributed by atoms with Gasteiger partial charge in [0.1, 0.15) is 0 Å². The van der Waals surface area contributed by atoms with Crippen LogP contribution in [0.3, 0.4) is 0 Å². The third kappa shape index (κ3) is 5.61. The number of hydrogen-bond donors (Lipinski definition) is 2. The van der Waals surface area contributed by atoms with E-state index in [9.17, 15) is 9.59 Å². The van der Waals surface area contributed by atoms with Crippen LogP contribution in [0.1, 0.15) is 36.7 Å². The van der Waals surface area contributed by atoms with Gasteiger partial charge >= 0.3 is 0 Å². The summed E-state index contributed by atoms with van der Waals surface area (Å²) in [4.78, 5) is 24.1. The third-order valence-corrected chi connectivity index (χ3v) is 3.11. The molecule has 24 heavy (non-hydrogen) atoms. The fraction of sp³-hybridized carbons (Fsp3) is 0.444. The fourth-order valence-corrected chi connectivity index (χ4v) is 2.21. The highest BCUT2D eigenvalue weighted by atomic mass is 16.5. The van der Waals surface area contributed by atoms with Crippen molar-refractivity contribution >= 4 is 11.8 Å². The minimum absolute atomic E-state index is 0.0960. The second-order valence-electron chi connectivity index (χ2n) is 6.34. The summed E-state index contributed by atoms with van der Waals surface area (Å²) < 4.78 is 10.6. The van der Waals surface area contributed by atoms with Crippen LogP contribution in [0.5, 0.6) is 11.5 Å². The van der Waals surface area contributed by atoms with E-state index in [1.165, 1.54) is 7.11 Å². The van der Waals surface area contributed by atoms with Crippen molar-refractivity contribution in [3.05, 3.63) is 35.9 Å². The summed E-state index contributed by atoms with van der Waals surface area (Å²) in [6.07, 6.45) is 2.25. The summed E-state index contributed by atoms with van der Waals surface area (Å²) in [5, 5.41) is 5.39. The highest BCUT2D eigenvalue weighted by Gasteiger charge is 2.17. The van der Waals surface area contributed by atoms with Gasteiger partial charge in [0, 0.05) is 16.7 Å². The molecular formula is C18H26N2O4. The summed E-state index contributed by atoms with van der Waals surface area (Å²) in [5.74, 6) is 0.425. The molecule has 0 aromatic heterocycles. The highest BCUT2D eigenvalue weighted by Crippen LogP contribution is 2.33. The molecule has 0 bridgehead atoms. The molecule has 0 unspecified atom stereocenters. The van der Waals surface area contributed by atoms with Crippen LogP contribution in [0.25, 0.3) is 0 Å². The molecule has 0 aliphatic heterocycles. The van der Waals surface area contributed by atoms with E-state index < -0.39 is 0 Å². The average Bonchev–Trinajstić information content (AvgIpc) is 2.50. The first-order valence-electron chi connectivity index (χ1n) is 7.66. The number of amides is 2. The number of carbonyl (C=O) groups is 2. The standard InChI is InChI=1S/C18H26N2O4/c1-7-8-12-9-13(10-14(23-5)16(12)24-6)17(22)19-11-15(21)20-18(2,3)4/h7,9-10H,1,8,11H2,2-6H3,(H,19,22)(H,20,21). The lowest BCUT2D eigenvalue weighted by Gasteiger charge is -2.20. The van der Waals surface area contributed by atoms with Crippen molar-refractivity contribution in [1.82, 2.24) is 10.6 Å². The van der Waals surface area contributed by atoms with E-state index in [4.69, 9.17) is 9.47 Å². The normalized spacial score (nSPS) is 10.7. The second kappa shape index (κ2) is 8.38. The molecule has 2 N–H and O–H groups in total. The zero-order valence-corrected chi connectivity index (χ0v) is 15.0. The monoisotopic (exact) mass is 334 g/mol. The number of benzene rings is 1. The maximum Gasteiger partial charge on any atom is 0.251 e. The van der Waals surface area contributed by atoms with Crippen LogP contribution in [0.4, 0.5) is 0 Å². The number of rotatable bonds is 7. The quantitative estimate of drug-likeness (QED) is 0.749. The van der Waals surface area contributed by atoms with E-state index in [2.05, 4.69) is 17.2 Å². The van der Waals surface area contributed by atoms with E-state index >= 15 is 0 Å². The SMILES string of the molecule is C=CCc1cc(C(=O)NCC(=O)NC(C)(C)C)cc(OC)c1OC. The molecule has 0 aliphatic rings. The Hall–Kier alpha value is -2.50. The summed E-state index contributed by atoms with van der Waals surface area (Å²) in [7, 11) is 3.05. The van der Waals surface area contributed by atoms with Gasteiger partial charge in [-0.3, -0.25) is 9.59 Å². The van der Waals surface area contributed by atoms with Gasteiger partial charge in [-0.15, -0.1) is 6.58 Å². The van der Waals surface area contributed by atoms with Crippen LogP contribution in [0.15, 0.2) is 24.8 Å². The molecule has 1 aromatic rings.